The molecule has 0 fully saturated rings. The van der Waals surface area contributed by atoms with E-state index in [1.165, 1.54) is 417 Å². The van der Waals surface area contributed by atoms with Crippen LogP contribution in [0.3, 0.4) is 0 Å². The van der Waals surface area contributed by atoms with E-state index in [2.05, 4.69) is 19.2 Å². The molecule has 2 unspecified atom stereocenters. The summed E-state index contributed by atoms with van der Waals surface area (Å²) in [6, 6.07) is -0.622. The highest BCUT2D eigenvalue weighted by molar-refractivity contribution is 5.76. The average Bonchev–Trinajstić information content (AvgIpc) is 3.63. The van der Waals surface area contributed by atoms with Crippen molar-refractivity contribution < 1.29 is 24.5 Å². The van der Waals surface area contributed by atoms with Crippen LogP contribution in [0.1, 0.15) is 483 Å². The second kappa shape index (κ2) is 79.0. The topological polar surface area (TPSA) is 95.9 Å². The molecule has 89 heavy (non-hydrogen) atoms. The van der Waals surface area contributed by atoms with Crippen molar-refractivity contribution >= 4 is 11.9 Å². The van der Waals surface area contributed by atoms with E-state index in [0.29, 0.717) is 19.4 Å². The van der Waals surface area contributed by atoms with Crippen LogP contribution in [0.4, 0.5) is 0 Å². The minimum absolute atomic E-state index is 0.0300. The maximum absolute atomic E-state index is 12.5. The lowest BCUT2D eigenvalue weighted by Gasteiger charge is -2.20. The van der Waals surface area contributed by atoms with Crippen molar-refractivity contribution in [3.05, 3.63) is 12.2 Å². The second-order valence-corrected chi connectivity index (χ2v) is 28.8. The molecule has 530 valence electrons. The molecule has 2 atom stereocenters. The summed E-state index contributed by atoms with van der Waals surface area (Å²) in [5.41, 5.74) is 0. The Bertz CT molecular complexity index is 1350. The van der Waals surface area contributed by atoms with E-state index < -0.39 is 12.1 Å². The summed E-state index contributed by atoms with van der Waals surface area (Å²) < 4.78 is 5.53. The van der Waals surface area contributed by atoms with Crippen LogP contribution in [0.15, 0.2) is 12.2 Å². The van der Waals surface area contributed by atoms with Gasteiger partial charge < -0.3 is 20.3 Å². The zero-order valence-electron chi connectivity index (χ0n) is 61.0. The van der Waals surface area contributed by atoms with Gasteiger partial charge in [0.15, 0.2) is 0 Å². The maximum atomic E-state index is 12.5. The van der Waals surface area contributed by atoms with Gasteiger partial charge >= 0.3 is 5.97 Å². The average molecular weight is 1260 g/mol. The van der Waals surface area contributed by atoms with Crippen LogP contribution in [-0.2, 0) is 14.3 Å². The van der Waals surface area contributed by atoms with Gasteiger partial charge in [-0.3, -0.25) is 9.59 Å². The summed E-state index contributed by atoms with van der Waals surface area (Å²) >= 11 is 0. The first-order valence-corrected chi connectivity index (χ1v) is 41.5. The van der Waals surface area contributed by atoms with Gasteiger partial charge in [0.2, 0.25) is 5.91 Å². The molecule has 0 spiro atoms. The molecule has 0 bridgehead atoms. The Kier molecular flexibility index (Phi) is 77.8. The molecule has 0 heterocycles. The Hall–Kier alpha value is -1.40. The van der Waals surface area contributed by atoms with Crippen LogP contribution in [0, 0.1) is 0 Å². The normalized spacial score (nSPS) is 12.4. The van der Waals surface area contributed by atoms with Crippen molar-refractivity contribution in [3.63, 3.8) is 0 Å². The predicted molar refractivity (Wildman–Crippen MR) is 394 cm³/mol. The molecule has 6 heteroatoms. The van der Waals surface area contributed by atoms with E-state index in [1.54, 1.807) is 6.08 Å². The molecule has 0 aromatic heterocycles. The van der Waals surface area contributed by atoms with Gasteiger partial charge in [0.1, 0.15) is 0 Å². The number of ether oxygens (including phenoxy) is 1. The van der Waals surface area contributed by atoms with Gasteiger partial charge in [-0.25, -0.2) is 0 Å². The third kappa shape index (κ3) is 75.5. The molecule has 0 aliphatic carbocycles. The quantitative estimate of drug-likeness (QED) is 0.0320. The van der Waals surface area contributed by atoms with Crippen LogP contribution in [0.25, 0.3) is 0 Å². The van der Waals surface area contributed by atoms with Gasteiger partial charge in [-0.2, -0.15) is 0 Å². The van der Waals surface area contributed by atoms with Gasteiger partial charge in [-0.15, -0.1) is 0 Å². The fourth-order valence-electron chi connectivity index (χ4n) is 13.5. The molecular formula is C83H163NO5. The lowest BCUT2D eigenvalue weighted by molar-refractivity contribution is -0.143. The van der Waals surface area contributed by atoms with E-state index in [-0.39, 0.29) is 18.5 Å². The molecule has 6 nitrogen and oxygen atoms in total. The van der Waals surface area contributed by atoms with Crippen molar-refractivity contribution in [3.8, 4) is 0 Å². The van der Waals surface area contributed by atoms with Crippen LogP contribution in [0.5, 0.6) is 0 Å². The van der Waals surface area contributed by atoms with Crippen molar-refractivity contribution in [2.75, 3.05) is 13.2 Å². The summed E-state index contributed by atoms with van der Waals surface area (Å²) in [6.07, 6.45) is 101. The highest BCUT2D eigenvalue weighted by atomic mass is 16.5. The Morgan fingerprint density at radius 1 is 0.303 bits per heavy atom. The van der Waals surface area contributed by atoms with Gasteiger partial charge in [-0.05, 0) is 32.1 Å². The third-order valence-corrected chi connectivity index (χ3v) is 19.8. The van der Waals surface area contributed by atoms with E-state index in [1.807, 2.05) is 6.08 Å². The minimum Gasteiger partial charge on any atom is -0.466 e. The summed E-state index contributed by atoms with van der Waals surface area (Å²) in [6.45, 7) is 4.96. The summed E-state index contributed by atoms with van der Waals surface area (Å²) in [5.74, 6) is -0.0288. The monoisotopic (exact) mass is 1250 g/mol. The number of aliphatic hydroxyl groups is 2. The van der Waals surface area contributed by atoms with Crippen LogP contribution < -0.4 is 5.32 Å². The SMILES string of the molecule is CCCCCCCCCCCCCC/C=C/C(O)C(CO)NC(=O)CCCCCCCCCCCCCCCCCCCCCCCCCCCCCCCCCCCCCCCCCOC(=O)CCCCCCCCCCCCCCCCCCCCC. The van der Waals surface area contributed by atoms with Gasteiger partial charge in [0.25, 0.3) is 0 Å². The third-order valence-electron chi connectivity index (χ3n) is 19.8. The zero-order chi connectivity index (χ0) is 64.2. The number of carbonyl (C=O) groups is 2. The van der Waals surface area contributed by atoms with Crippen molar-refractivity contribution in [1.29, 1.82) is 0 Å². The Labute approximate surface area is 559 Å². The number of carbonyl (C=O) groups excluding carboxylic acids is 2. The number of hydrogen-bond donors (Lipinski definition) is 3. The van der Waals surface area contributed by atoms with E-state index in [9.17, 15) is 19.8 Å². The first kappa shape index (κ1) is 87.6. The molecule has 1 amide bonds. The fraction of sp³-hybridized carbons (Fsp3) is 0.952. The van der Waals surface area contributed by atoms with Gasteiger partial charge in [-0.1, -0.05) is 450 Å². The van der Waals surface area contributed by atoms with Crippen molar-refractivity contribution in [2.45, 2.75) is 495 Å². The van der Waals surface area contributed by atoms with Crippen LogP contribution in [-0.4, -0.2) is 47.4 Å². The predicted octanol–water partition coefficient (Wildman–Crippen LogP) is 27.4. The molecule has 0 aliphatic heterocycles. The molecule has 0 radical (unpaired) electrons. The molecule has 3 N–H and O–H groups in total. The first-order valence-electron chi connectivity index (χ1n) is 41.5. The summed E-state index contributed by atoms with van der Waals surface area (Å²) in [4.78, 5) is 24.6. The smallest absolute Gasteiger partial charge is 0.305 e. The standard InChI is InChI=1S/C83H163NO5/c1-3-5-7-9-11-13-15-17-19-20-42-46-49-53-57-61-65-69-73-77-83(88)89-78-74-70-66-62-58-54-50-47-44-41-39-37-35-33-31-29-27-25-23-21-22-24-26-28-30-32-34-36-38-40-43-45-48-52-56-60-64-68-72-76-82(87)84-80(79-85)81(86)75-71-67-63-59-55-51-18-16-14-12-10-8-6-4-2/h71,75,80-81,85-86H,3-70,72-74,76-79H2,1-2H3,(H,84,87)/b75-71+. The zero-order valence-corrected chi connectivity index (χ0v) is 61.0. The number of unbranched alkanes of at least 4 members (excludes halogenated alkanes) is 68. The van der Waals surface area contributed by atoms with E-state index in [0.717, 1.165) is 38.5 Å². The maximum Gasteiger partial charge on any atom is 0.305 e. The highest BCUT2D eigenvalue weighted by Gasteiger charge is 2.18. The Balaban J connectivity index is 3.27. The number of nitrogens with one attached hydrogen (secondary N) is 1. The van der Waals surface area contributed by atoms with Gasteiger partial charge in [0.05, 0.1) is 25.4 Å². The number of esters is 1. The molecule has 0 aliphatic rings. The van der Waals surface area contributed by atoms with E-state index in [4.69, 9.17) is 4.74 Å². The van der Waals surface area contributed by atoms with Gasteiger partial charge in [0, 0.05) is 12.8 Å². The second-order valence-electron chi connectivity index (χ2n) is 28.8. The molecule has 0 aromatic rings. The molecule has 0 saturated carbocycles. The lowest BCUT2D eigenvalue weighted by Crippen LogP contribution is -2.45. The highest BCUT2D eigenvalue weighted by Crippen LogP contribution is 2.21. The number of aliphatic hydroxyl groups excluding tert-OH is 2. The largest absolute Gasteiger partial charge is 0.466 e. The Morgan fingerprint density at radius 3 is 0.764 bits per heavy atom. The molecule has 0 rings (SSSR count). The van der Waals surface area contributed by atoms with E-state index >= 15 is 0 Å². The first-order chi connectivity index (χ1) is 44.0. The van der Waals surface area contributed by atoms with Crippen LogP contribution in [0.2, 0.25) is 0 Å². The Morgan fingerprint density at radius 2 is 0.517 bits per heavy atom. The number of amides is 1. The summed E-state index contributed by atoms with van der Waals surface area (Å²) in [7, 11) is 0. The molecule has 0 saturated heterocycles. The number of rotatable bonds is 79. The van der Waals surface area contributed by atoms with Crippen molar-refractivity contribution in [2.24, 2.45) is 0 Å². The molecular weight excluding hydrogens is 1090 g/mol. The summed E-state index contributed by atoms with van der Waals surface area (Å²) in [5, 5.41) is 23.2. The molecule has 0 aromatic carbocycles. The van der Waals surface area contributed by atoms with Crippen molar-refractivity contribution in [1.82, 2.24) is 5.32 Å². The number of hydrogen-bond acceptors (Lipinski definition) is 5. The minimum atomic E-state index is -0.839. The van der Waals surface area contributed by atoms with Crippen LogP contribution >= 0.6 is 0 Å². The fourth-order valence-corrected chi connectivity index (χ4v) is 13.5. The lowest BCUT2D eigenvalue weighted by atomic mass is 10.0. The number of allylic oxidation sites excluding steroid dienone is 1.